The van der Waals surface area contributed by atoms with E-state index in [1.807, 2.05) is 12.1 Å². The van der Waals surface area contributed by atoms with Crippen LogP contribution in [0.5, 0.6) is 11.5 Å². The molecule has 4 heteroatoms. The number of nitrogens with zero attached hydrogens (tertiary/aromatic N) is 1. The predicted octanol–water partition coefficient (Wildman–Crippen LogP) is 6.39. The van der Waals surface area contributed by atoms with Gasteiger partial charge in [-0.25, -0.2) is 0 Å². The molecule has 2 spiro atoms. The highest BCUT2D eigenvalue weighted by Gasteiger charge is 2.60. The van der Waals surface area contributed by atoms with E-state index in [4.69, 9.17) is 14.5 Å². The number of Topliss-reactive ketones (excluding diaryl/α,β-unsaturated/α-hetero) is 1. The number of hydrogen-bond acceptors (Lipinski definition) is 4. The summed E-state index contributed by atoms with van der Waals surface area (Å²) in [5.41, 5.74) is 2.91. The Balaban J connectivity index is 1.68. The van der Waals surface area contributed by atoms with E-state index in [1.165, 1.54) is 29.4 Å². The molecule has 0 unspecified atom stereocenters. The first kappa shape index (κ1) is 20.0. The van der Waals surface area contributed by atoms with Crippen LogP contribution in [-0.4, -0.2) is 25.0 Å². The van der Waals surface area contributed by atoms with E-state index < -0.39 is 0 Å². The number of pyridine rings is 1. The van der Waals surface area contributed by atoms with Crippen LogP contribution in [0, 0.1) is 0 Å². The molecule has 2 aromatic carbocycles. The Morgan fingerprint density at radius 2 is 1.41 bits per heavy atom. The smallest absolute Gasteiger partial charge is 0.161 e. The molecule has 3 aliphatic carbocycles. The second kappa shape index (κ2) is 7.19. The number of methoxy groups -OCH3 is 2. The van der Waals surface area contributed by atoms with Crippen molar-refractivity contribution < 1.29 is 14.3 Å². The molecule has 0 N–H and O–H groups in total. The Kier molecular flexibility index (Phi) is 4.50. The van der Waals surface area contributed by atoms with Gasteiger partial charge in [0, 0.05) is 17.0 Å². The highest BCUT2D eigenvalue weighted by Crippen LogP contribution is 2.59. The molecule has 2 fully saturated rings. The molecule has 4 nitrogen and oxygen atoms in total. The average Bonchev–Trinajstić information content (AvgIpc) is 3.04. The number of benzene rings is 2. The zero-order chi connectivity index (χ0) is 21.9. The molecule has 1 aromatic heterocycles. The molecule has 1 heterocycles. The molecule has 166 valence electrons. The van der Waals surface area contributed by atoms with Gasteiger partial charge in [0.1, 0.15) is 0 Å². The van der Waals surface area contributed by atoms with Crippen molar-refractivity contribution in [1.29, 1.82) is 0 Å². The number of carbonyl (C=O) groups is 1. The average molecular weight is 430 g/mol. The summed E-state index contributed by atoms with van der Waals surface area (Å²) in [6.45, 7) is 0. The molecule has 32 heavy (non-hydrogen) atoms. The summed E-state index contributed by atoms with van der Waals surface area (Å²) in [5, 5.41) is 3.31. The van der Waals surface area contributed by atoms with Crippen LogP contribution in [0.25, 0.3) is 21.7 Å². The monoisotopic (exact) mass is 429 g/mol. The second-order valence-electron chi connectivity index (χ2n) is 10.1. The van der Waals surface area contributed by atoms with Crippen molar-refractivity contribution >= 4 is 27.5 Å². The van der Waals surface area contributed by atoms with Crippen LogP contribution in [0.3, 0.4) is 0 Å². The van der Waals surface area contributed by atoms with Gasteiger partial charge in [-0.2, -0.15) is 0 Å². The van der Waals surface area contributed by atoms with E-state index in [2.05, 4.69) is 18.3 Å². The summed E-state index contributed by atoms with van der Waals surface area (Å²) in [4.78, 5) is 19.4. The second-order valence-corrected chi connectivity index (χ2v) is 10.1. The Morgan fingerprint density at radius 1 is 0.781 bits per heavy atom. The minimum absolute atomic E-state index is 0.307. The number of ketones is 1. The quantitative estimate of drug-likeness (QED) is 0.443. The van der Waals surface area contributed by atoms with E-state index in [9.17, 15) is 4.79 Å². The summed E-state index contributed by atoms with van der Waals surface area (Å²) < 4.78 is 11.1. The maximum atomic E-state index is 14.3. The summed E-state index contributed by atoms with van der Waals surface area (Å²) >= 11 is 0. The fraction of sp³-hybridized carbons (Fsp3) is 0.500. The fourth-order valence-electron chi connectivity index (χ4n) is 7.17. The lowest BCUT2D eigenvalue weighted by Crippen LogP contribution is -2.44. The first-order valence-corrected chi connectivity index (χ1v) is 12.2. The topological polar surface area (TPSA) is 48.4 Å². The third-order valence-corrected chi connectivity index (χ3v) is 8.63. The molecule has 0 radical (unpaired) electrons. The van der Waals surface area contributed by atoms with Gasteiger partial charge in [0.05, 0.1) is 30.6 Å². The maximum Gasteiger partial charge on any atom is 0.161 e. The minimum Gasteiger partial charge on any atom is -0.493 e. The van der Waals surface area contributed by atoms with Crippen molar-refractivity contribution in [3.05, 3.63) is 41.6 Å². The number of fused-ring (bicyclic) bond motifs is 7. The first-order valence-electron chi connectivity index (χ1n) is 12.2. The van der Waals surface area contributed by atoms with Crippen molar-refractivity contribution in [3.8, 4) is 11.5 Å². The van der Waals surface area contributed by atoms with Gasteiger partial charge in [-0.15, -0.1) is 0 Å². The molecule has 3 aromatic rings. The van der Waals surface area contributed by atoms with E-state index in [1.54, 1.807) is 14.2 Å². The molecule has 0 bridgehead atoms. The summed E-state index contributed by atoms with van der Waals surface area (Å²) in [7, 11) is 3.33. The molecule has 6 rings (SSSR count). The Morgan fingerprint density at radius 3 is 2.06 bits per heavy atom. The number of carbonyl (C=O) groups excluding carboxylic acids is 1. The van der Waals surface area contributed by atoms with Crippen LogP contribution in [0.15, 0.2) is 30.5 Å². The van der Waals surface area contributed by atoms with E-state index >= 15 is 0 Å². The molecular weight excluding hydrogens is 398 g/mol. The zero-order valence-corrected chi connectivity index (χ0v) is 19.1. The van der Waals surface area contributed by atoms with Crippen LogP contribution < -0.4 is 9.47 Å². The Hall–Kier alpha value is -2.62. The third-order valence-electron chi connectivity index (χ3n) is 8.63. The minimum atomic E-state index is -0.323. The van der Waals surface area contributed by atoms with Crippen molar-refractivity contribution in [1.82, 2.24) is 4.98 Å². The number of hydrogen-bond donors (Lipinski definition) is 0. The highest BCUT2D eigenvalue weighted by molar-refractivity contribution is 6.13. The molecule has 3 aliphatic rings. The van der Waals surface area contributed by atoms with Gasteiger partial charge in [0.2, 0.25) is 0 Å². The maximum absolute atomic E-state index is 14.3. The highest BCUT2D eigenvalue weighted by atomic mass is 16.5. The molecule has 0 amide bonds. The van der Waals surface area contributed by atoms with Crippen molar-refractivity contribution in [2.75, 3.05) is 14.2 Å². The van der Waals surface area contributed by atoms with E-state index in [0.717, 1.165) is 73.4 Å². The van der Waals surface area contributed by atoms with E-state index in [-0.39, 0.29) is 10.8 Å². The molecule has 2 saturated carbocycles. The van der Waals surface area contributed by atoms with E-state index in [0.29, 0.717) is 11.5 Å². The van der Waals surface area contributed by atoms with Crippen molar-refractivity contribution in [2.24, 2.45) is 0 Å². The third kappa shape index (κ3) is 2.50. The van der Waals surface area contributed by atoms with Gasteiger partial charge < -0.3 is 9.47 Å². The van der Waals surface area contributed by atoms with Crippen molar-refractivity contribution in [2.45, 2.75) is 75.0 Å². The van der Waals surface area contributed by atoms with Crippen LogP contribution in [0.1, 0.15) is 75.3 Å². The van der Waals surface area contributed by atoms with Crippen LogP contribution in [0.2, 0.25) is 0 Å². The zero-order valence-electron chi connectivity index (χ0n) is 19.1. The Bertz CT molecular complexity index is 1230. The van der Waals surface area contributed by atoms with Crippen LogP contribution in [0.4, 0.5) is 0 Å². The number of ether oxygens (including phenoxy) is 2. The fourth-order valence-corrected chi connectivity index (χ4v) is 7.17. The van der Waals surface area contributed by atoms with Gasteiger partial charge in [-0.1, -0.05) is 50.7 Å². The van der Waals surface area contributed by atoms with Gasteiger partial charge >= 0.3 is 0 Å². The number of aromatic nitrogens is 1. The van der Waals surface area contributed by atoms with Gasteiger partial charge in [0.25, 0.3) is 0 Å². The Labute approximate surface area is 189 Å². The molecular formula is C28H31NO3. The van der Waals surface area contributed by atoms with Gasteiger partial charge in [-0.3, -0.25) is 9.78 Å². The first-order chi connectivity index (χ1) is 15.6. The van der Waals surface area contributed by atoms with Crippen molar-refractivity contribution in [3.63, 3.8) is 0 Å². The van der Waals surface area contributed by atoms with Crippen LogP contribution in [-0.2, 0) is 15.6 Å². The molecule has 0 atom stereocenters. The normalized spacial score (nSPS) is 21.4. The van der Waals surface area contributed by atoms with Crippen LogP contribution >= 0.6 is 0 Å². The van der Waals surface area contributed by atoms with Gasteiger partial charge in [-0.05, 0) is 54.3 Å². The standard InChI is InChI=1S/C28H31NO3/c1-31-22-15-18-9-10-19-24-21(17-29-25(19)20(18)16-23(22)32-2)27(11-5-3-6-12-27)26(30)28(24)13-7-4-8-14-28/h9-10,15-17H,3-8,11-14H2,1-2H3. The van der Waals surface area contributed by atoms with Gasteiger partial charge in [0.15, 0.2) is 17.3 Å². The SMILES string of the molecule is COc1cc2ccc3c4c(cnc3c2cc1OC)C1(CCCCC1)C(=O)C41CCCCC1. The molecule has 0 aliphatic heterocycles. The predicted molar refractivity (Wildman–Crippen MR) is 127 cm³/mol. The lowest BCUT2D eigenvalue weighted by Gasteiger charge is -2.38. The largest absolute Gasteiger partial charge is 0.493 e. The summed E-state index contributed by atoms with van der Waals surface area (Å²) in [6.07, 6.45) is 13.1. The lowest BCUT2D eigenvalue weighted by molar-refractivity contribution is -0.131. The number of rotatable bonds is 2. The summed E-state index contributed by atoms with van der Waals surface area (Å²) in [5.74, 6) is 1.95. The lowest BCUT2D eigenvalue weighted by atomic mass is 9.63. The molecule has 0 saturated heterocycles. The summed E-state index contributed by atoms with van der Waals surface area (Å²) in [6, 6.07) is 8.43.